The predicted octanol–water partition coefficient (Wildman–Crippen LogP) is 1.09. The van der Waals surface area contributed by atoms with E-state index < -0.39 is 0 Å². The number of thioether (sulfide) groups is 1. The van der Waals surface area contributed by atoms with Gasteiger partial charge in [0.2, 0.25) is 0 Å². The molecular weight excluding hydrogens is 284 g/mol. The van der Waals surface area contributed by atoms with E-state index >= 15 is 0 Å². The van der Waals surface area contributed by atoms with E-state index in [4.69, 9.17) is 0 Å². The standard InChI is InChI=1S/C15H24N4OS/c1-18-15(20)8-14(10-17-18)19-5-2-12(3-6-19)9-16-13-4-7-21-11-13/h8,10,12-13,16H,2-7,9,11H2,1H3. The minimum atomic E-state index is -0.0324. The summed E-state index contributed by atoms with van der Waals surface area (Å²) in [7, 11) is 1.69. The maximum atomic E-state index is 11.7. The molecule has 0 bridgehead atoms. The van der Waals surface area contributed by atoms with Crippen molar-refractivity contribution in [1.82, 2.24) is 15.1 Å². The van der Waals surface area contributed by atoms with Crippen molar-refractivity contribution < 1.29 is 0 Å². The molecule has 1 unspecified atom stereocenters. The summed E-state index contributed by atoms with van der Waals surface area (Å²) in [6, 6.07) is 2.43. The van der Waals surface area contributed by atoms with Crippen molar-refractivity contribution in [3.63, 3.8) is 0 Å². The normalized spacial score (nSPS) is 23.7. The van der Waals surface area contributed by atoms with Crippen LogP contribution in [0.3, 0.4) is 0 Å². The van der Waals surface area contributed by atoms with Crippen molar-refractivity contribution in [2.24, 2.45) is 13.0 Å². The molecule has 3 heterocycles. The Kier molecular flexibility index (Phi) is 4.85. The fourth-order valence-corrected chi connectivity index (χ4v) is 4.24. The Morgan fingerprint density at radius 3 is 2.86 bits per heavy atom. The van der Waals surface area contributed by atoms with Crippen LogP contribution in [0.2, 0.25) is 0 Å². The highest BCUT2D eigenvalue weighted by molar-refractivity contribution is 7.99. The quantitative estimate of drug-likeness (QED) is 0.902. The monoisotopic (exact) mass is 308 g/mol. The maximum Gasteiger partial charge on any atom is 0.268 e. The first kappa shape index (κ1) is 14.9. The molecule has 0 aromatic carbocycles. The second-order valence-corrected chi connectivity index (χ2v) is 7.22. The van der Waals surface area contributed by atoms with Crippen molar-refractivity contribution in [2.75, 3.05) is 36.0 Å². The lowest BCUT2D eigenvalue weighted by molar-refractivity contribution is 0.366. The summed E-state index contributed by atoms with van der Waals surface area (Å²) in [4.78, 5) is 13.9. The van der Waals surface area contributed by atoms with Gasteiger partial charge in [-0.05, 0) is 37.5 Å². The van der Waals surface area contributed by atoms with E-state index in [-0.39, 0.29) is 5.56 Å². The van der Waals surface area contributed by atoms with E-state index in [9.17, 15) is 4.79 Å². The minimum absolute atomic E-state index is 0.0324. The predicted molar refractivity (Wildman–Crippen MR) is 88.1 cm³/mol. The molecule has 0 radical (unpaired) electrons. The third-order valence-corrected chi connectivity index (χ3v) is 5.72. The van der Waals surface area contributed by atoms with Gasteiger partial charge in [-0.15, -0.1) is 0 Å². The lowest BCUT2D eigenvalue weighted by Crippen LogP contribution is -2.40. The van der Waals surface area contributed by atoms with Gasteiger partial charge < -0.3 is 10.2 Å². The van der Waals surface area contributed by atoms with E-state index in [0.29, 0.717) is 0 Å². The van der Waals surface area contributed by atoms with Crippen molar-refractivity contribution in [1.29, 1.82) is 0 Å². The Morgan fingerprint density at radius 1 is 1.38 bits per heavy atom. The molecule has 0 aliphatic carbocycles. The summed E-state index contributed by atoms with van der Waals surface area (Å²) in [5.74, 6) is 3.36. The molecule has 1 aromatic rings. The van der Waals surface area contributed by atoms with Gasteiger partial charge in [0.25, 0.3) is 5.56 Å². The van der Waals surface area contributed by atoms with E-state index in [2.05, 4.69) is 27.1 Å². The van der Waals surface area contributed by atoms with Crippen LogP contribution in [0.5, 0.6) is 0 Å². The fourth-order valence-electron chi connectivity index (χ4n) is 3.06. The van der Waals surface area contributed by atoms with Crippen LogP contribution in [-0.2, 0) is 7.05 Å². The van der Waals surface area contributed by atoms with Crippen LogP contribution in [0.4, 0.5) is 5.69 Å². The molecule has 3 rings (SSSR count). The summed E-state index contributed by atoms with van der Waals surface area (Å²) in [5, 5.41) is 7.83. The summed E-state index contributed by atoms with van der Waals surface area (Å²) >= 11 is 2.06. The number of nitrogens with zero attached hydrogens (tertiary/aromatic N) is 3. The summed E-state index contributed by atoms with van der Waals surface area (Å²) in [6.45, 7) is 3.20. The average Bonchev–Trinajstić information content (AvgIpc) is 3.02. The number of nitrogens with one attached hydrogen (secondary N) is 1. The Bertz CT molecular complexity index is 519. The highest BCUT2D eigenvalue weighted by Gasteiger charge is 2.22. The number of hydrogen-bond acceptors (Lipinski definition) is 5. The average molecular weight is 308 g/mol. The Labute approximate surface area is 130 Å². The third kappa shape index (κ3) is 3.80. The van der Waals surface area contributed by atoms with Gasteiger partial charge in [-0.25, -0.2) is 4.68 Å². The highest BCUT2D eigenvalue weighted by Crippen LogP contribution is 2.22. The van der Waals surface area contributed by atoms with Crippen molar-refractivity contribution >= 4 is 17.4 Å². The molecule has 21 heavy (non-hydrogen) atoms. The number of aryl methyl sites for hydroxylation is 1. The highest BCUT2D eigenvalue weighted by atomic mass is 32.2. The molecule has 2 aliphatic rings. The molecule has 1 N–H and O–H groups in total. The largest absolute Gasteiger partial charge is 0.370 e. The van der Waals surface area contributed by atoms with Crippen LogP contribution in [0.1, 0.15) is 19.3 Å². The van der Waals surface area contributed by atoms with Crippen LogP contribution in [0.25, 0.3) is 0 Å². The Balaban J connectivity index is 1.47. The number of rotatable bonds is 4. The van der Waals surface area contributed by atoms with Gasteiger partial charge in [0.15, 0.2) is 0 Å². The molecule has 2 saturated heterocycles. The van der Waals surface area contributed by atoms with Crippen LogP contribution in [0, 0.1) is 5.92 Å². The smallest absolute Gasteiger partial charge is 0.268 e. The van der Waals surface area contributed by atoms with Gasteiger partial charge in [-0.3, -0.25) is 4.79 Å². The van der Waals surface area contributed by atoms with E-state index in [1.165, 1.54) is 35.4 Å². The number of aromatic nitrogens is 2. The van der Waals surface area contributed by atoms with Crippen LogP contribution in [-0.4, -0.2) is 47.0 Å². The molecular formula is C15H24N4OS. The number of anilines is 1. The number of piperidine rings is 1. The fraction of sp³-hybridized carbons (Fsp3) is 0.733. The van der Waals surface area contributed by atoms with E-state index in [1.54, 1.807) is 19.3 Å². The molecule has 6 heteroatoms. The lowest BCUT2D eigenvalue weighted by atomic mass is 9.96. The zero-order chi connectivity index (χ0) is 14.7. The summed E-state index contributed by atoms with van der Waals surface area (Å²) in [5.41, 5.74) is 0.937. The van der Waals surface area contributed by atoms with Crippen LogP contribution in [0.15, 0.2) is 17.1 Å². The maximum absolute atomic E-state index is 11.7. The minimum Gasteiger partial charge on any atom is -0.370 e. The van der Waals surface area contributed by atoms with Crippen LogP contribution >= 0.6 is 11.8 Å². The first-order chi connectivity index (χ1) is 10.2. The molecule has 0 saturated carbocycles. The van der Waals surface area contributed by atoms with Crippen LogP contribution < -0.4 is 15.8 Å². The van der Waals surface area contributed by atoms with Gasteiger partial charge in [0, 0.05) is 38.0 Å². The van der Waals surface area contributed by atoms with Gasteiger partial charge in [-0.1, -0.05) is 0 Å². The molecule has 2 fully saturated rings. The zero-order valence-electron chi connectivity index (χ0n) is 12.6. The topological polar surface area (TPSA) is 50.2 Å². The number of hydrogen-bond donors (Lipinski definition) is 1. The molecule has 2 aliphatic heterocycles. The zero-order valence-corrected chi connectivity index (χ0v) is 13.4. The van der Waals surface area contributed by atoms with Gasteiger partial charge >= 0.3 is 0 Å². The van der Waals surface area contributed by atoms with E-state index in [1.807, 2.05) is 0 Å². The van der Waals surface area contributed by atoms with Gasteiger partial charge in [0.05, 0.1) is 11.9 Å². The molecule has 116 valence electrons. The second-order valence-electron chi connectivity index (χ2n) is 6.07. The molecule has 1 aromatic heterocycles. The first-order valence-electron chi connectivity index (χ1n) is 7.82. The lowest BCUT2D eigenvalue weighted by Gasteiger charge is -2.33. The second kappa shape index (κ2) is 6.83. The van der Waals surface area contributed by atoms with Gasteiger partial charge in [-0.2, -0.15) is 16.9 Å². The summed E-state index contributed by atoms with van der Waals surface area (Å²) in [6.07, 6.45) is 5.52. The molecule has 1 atom stereocenters. The third-order valence-electron chi connectivity index (χ3n) is 4.56. The van der Waals surface area contributed by atoms with Gasteiger partial charge in [0.1, 0.15) is 0 Å². The first-order valence-corrected chi connectivity index (χ1v) is 8.97. The van der Waals surface area contributed by atoms with Crippen molar-refractivity contribution in [3.8, 4) is 0 Å². The molecule has 0 spiro atoms. The Morgan fingerprint density at radius 2 is 2.19 bits per heavy atom. The SMILES string of the molecule is Cn1ncc(N2CCC(CNC3CCSC3)CC2)cc1=O. The Hall–Kier alpha value is -1.01. The van der Waals surface area contributed by atoms with E-state index in [0.717, 1.165) is 37.3 Å². The molecule has 5 nitrogen and oxygen atoms in total. The molecule has 0 amide bonds. The van der Waals surface area contributed by atoms with Crippen molar-refractivity contribution in [3.05, 3.63) is 22.6 Å². The summed E-state index contributed by atoms with van der Waals surface area (Å²) < 4.78 is 1.37. The van der Waals surface area contributed by atoms with Crippen molar-refractivity contribution in [2.45, 2.75) is 25.3 Å².